The van der Waals surface area contributed by atoms with Crippen LogP contribution in [0.3, 0.4) is 0 Å². The standard InChI is InChI=1S/C29H32N2O4S/c1-27-11-9-23-16-22-5-6-24(31-35-36(2,32)33)17-28(22)12-13-29(23,34-28)26(27)8-7-25(27)20-4-3-19-10-14-30-18-21(19)15-20/h3-4,9-10,14-16,18,25-26H,5-8,11-13,17H2,1-2H3/b31-24-/t25-,26-,27-,28-,29-/m1/s1. The number of hydrogen-bond donors (Lipinski definition) is 0. The number of benzene rings is 1. The molecule has 2 aliphatic heterocycles. The second-order valence-corrected chi connectivity index (χ2v) is 13.4. The van der Waals surface area contributed by atoms with Crippen molar-refractivity contribution in [3.8, 4) is 0 Å². The Bertz CT molecular complexity index is 1480. The summed E-state index contributed by atoms with van der Waals surface area (Å²) in [6.07, 6.45) is 17.3. The minimum Gasteiger partial charge on any atom is -0.359 e. The molecule has 1 aromatic carbocycles. The summed E-state index contributed by atoms with van der Waals surface area (Å²) in [6.45, 7) is 2.48. The summed E-state index contributed by atoms with van der Waals surface area (Å²) < 4.78 is 35.0. The predicted molar refractivity (Wildman–Crippen MR) is 139 cm³/mol. The molecule has 6 nitrogen and oxygen atoms in total. The maximum atomic E-state index is 11.5. The first-order valence-electron chi connectivity index (χ1n) is 13.1. The van der Waals surface area contributed by atoms with Crippen molar-refractivity contribution in [2.24, 2.45) is 16.5 Å². The van der Waals surface area contributed by atoms with Gasteiger partial charge in [-0.05, 0) is 96.4 Å². The van der Waals surface area contributed by atoms with Crippen LogP contribution >= 0.6 is 0 Å². The highest BCUT2D eigenvalue weighted by Gasteiger charge is 2.66. The van der Waals surface area contributed by atoms with E-state index in [2.05, 4.69) is 53.5 Å². The van der Waals surface area contributed by atoms with E-state index in [0.717, 1.165) is 50.5 Å². The largest absolute Gasteiger partial charge is 0.359 e. The van der Waals surface area contributed by atoms with Gasteiger partial charge < -0.3 is 4.74 Å². The third-order valence-electron chi connectivity index (χ3n) is 9.88. The van der Waals surface area contributed by atoms with E-state index in [9.17, 15) is 8.42 Å². The van der Waals surface area contributed by atoms with E-state index in [-0.39, 0.29) is 16.6 Å². The van der Waals surface area contributed by atoms with E-state index < -0.39 is 10.1 Å². The molecule has 188 valence electrons. The molecule has 0 amide bonds. The molecule has 5 aliphatic rings. The molecule has 2 aromatic rings. The van der Waals surface area contributed by atoms with Crippen LogP contribution in [-0.2, 0) is 19.1 Å². The Balaban J connectivity index is 1.24. The molecule has 0 unspecified atom stereocenters. The first kappa shape index (κ1) is 22.7. The van der Waals surface area contributed by atoms with Gasteiger partial charge in [-0.1, -0.05) is 36.4 Å². The fraction of sp³-hybridized carbons (Fsp3) is 0.517. The molecule has 7 rings (SSSR count). The molecule has 7 heteroatoms. The van der Waals surface area contributed by atoms with Crippen LogP contribution in [-0.4, -0.2) is 36.6 Å². The van der Waals surface area contributed by atoms with Gasteiger partial charge in [-0.25, -0.2) is 0 Å². The van der Waals surface area contributed by atoms with Crippen LogP contribution in [0.15, 0.2) is 65.1 Å². The summed E-state index contributed by atoms with van der Waals surface area (Å²) in [4.78, 5) is 4.35. The van der Waals surface area contributed by atoms with E-state index >= 15 is 0 Å². The Kier molecular flexibility index (Phi) is 4.73. The van der Waals surface area contributed by atoms with Crippen LogP contribution in [0.4, 0.5) is 0 Å². The monoisotopic (exact) mass is 504 g/mol. The minimum absolute atomic E-state index is 0.126. The molecule has 3 aliphatic carbocycles. The fourth-order valence-corrected chi connectivity index (χ4v) is 8.54. The van der Waals surface area contributed by atoms with E-state index in [0.29, 0.717) is 24.7 Å². The third kappa shape index (κ3) is 3.21. The highest BCUT2D eigenvalue weighted by molar-refractivity contribution is 7.85. The zero-order chi connectivity index (χ0) is 24.8. The van der Waals surface area contributed by atoms with Crippen molar-refractivity contribution in [3.63, 3.8) is 0 Å². The Morgan fingerprint density at radius 1 is 1.14 bits per heavy atom. The quantitative estimate of drug-likeness (QED) is 0.493. The summed E-state index contributed by atoms with van der Waals surface area (Å²) in [5.74, 6) is 0.933. The number of aromatic nitrogens is 1. The maximum absolute atomic E-state index is 11.5. The third-order valence-corrected chi connectivity index (χ3v) is 10.2. The number of hydrogen-bond acceptors (Lipinski definition) is 6. The lowest BCUT2D eigenvalue weighted by Crippen LogP contribution is -2.53. The van der Waals surface area contributed by atoms with Crippen LogP contribution in [0, 0.1) is 11.3 Å². The summed E-state index contributed by atoms with van der Waals surface area (Å²) in [5.41, 5.74) is 4.42. The lowest BCUT2D eigenvalue weighted by atomic mass is 9.58. The van der Waals surface area contributed by atoms with Crippen LogP contribution < -0.4 is 0 Å². The maximum Gasteiger partial charge on any atom is 0.325 e. The number of fused-ring (bicyclic) bond motifs is 2. The minimum atomic E-state index is -3.61. The smallest absolute Gasteiger partial charge is 0.325 e. The van der Waals surface area contributed by atoms with E-state index in [1.54, 1.807) is 0 Å². The van der Waals surface area contributed by atoms with E-state index in [4.69, 9.17) is 9.02 Å². The number of nitrogens with zero attached hydrogens (tertiary/aromatic N) is 2. The first-order valence-corrected chi connectivity index (χ1v) is 14.9. The van der Waals surface area contributed by atoms with Gasteiger partial charge in [0.1, 0.15) is 0 Å². The molecule has 1 saturated heterocycles. The van der Waals surface area contributed by atoms with Crippen molar-refractivity contribution < 1.29 is 17.4 Å². The summed E-state index contributed by atoms with van der Waals surface area (Å²) in [5, 5.41) is 6.46. The van der Waals surface area contributed by atoms with Crippen LogP contribution in [0.5, 0.6) is 0 Å². The number of pyridine rings is 1. The highest BCUT2D eigenvalue weighted by atomic mass is 32.2. The van der Waals surface area contributed by atoms with Gasteiger partial charge in [0.05, 0.1) is 23.2 Å². The van der Waals surface area contributed by atoms with Crippen LogP contribution in [0.2, 0.25) is 0 Å². The Labute approximate surface area is 212 Å². The molecule has 3 heterocycles. The molecule has 36 heavy (non-hydrogen) atoms. The molecule has 2 saturated carbocycles. The van der Waals surface area contributed by atoms with Crippen LogP contribution in [0.25, 0.3) is 10.8 Å². The predicted octanol–water partition coefficient (Wildman–Crippen LogP) is 5.81. The topological polar surface area (TPSA) is 77.8 Å². The molecule has 2 spiro atoms. The summed E-state index contributed by atoms with van der Waals surface area (Å²) >= 11 is 0. The van der Waals surface area contributed by atoms with Crippen molar-refractivity contribution in [1.82, 2.24) is 4.98 Å². The van der Waals surface area contributed by atoms with Gasteiger partial charge in [0.25, 0.3) is 0 Å². The van der Waals surface area contributed by atoms with Gasteiger partial charge in [-0.3, -0.25) is 9.27 Å². The fourth-order valence-electron chi connectivity index (χ4n) is 8.30. The van der Waals surface area contributed by atoms with E-state index in [1.165, 1.54) is 27.5 Å². The SMILES string of the molecule is C[C@]12CC=C3C=C4CC/C(=N/OS(C)(=O)=O)C[C@]45CC[C@]3(O5)[C@@H]1CC[C@@H]2c1ccc2ccncc2c1. The van der Waals surface area contributed by atoms with E-state index in [1.807, 2.05) is 12.4 Å². The van der Waals surface area contributed by atoms with Gasteiger partial charge in [0.2, 0.25) is 0 Å². The lowest BCUT2D eigenvalue weighted by Gasteiger charge is -2.54. The Hall–Kier alpha value is -2.51. The van der Waals surface area contributed by atoms with Crippen molar-refractivity contribution in [1.29, 1.82) is 0 Å². The van der Waals surface area contributed by atoms with Crippen molar-refractivity contribution in [2.45, 2.75) is 75.4 Å². The van der Waals surface area contributed by atoms with Crippen molar-refractivity contribution in [2.75, 3.05) is 6.26 Å². The van der Waals surface area contributed by atoms with Crippen LogP contribution in [0.1, 0.15) is 69.8 Å². The van der Waals surface area contributed by atoms with Gasteiger partial charge in [-0.2, -0.15) is 8.42 Å². The highest BCUT2D eigenvalue weighted by Crippen LogP contribution is 2.69. The average Bonchev–Trinajstić information content (AvgIpc) is 3.37. The zero-order valence-electron chi connectivity index (χ0n) is 20.9. The number of allylic oxidation sites excluding steroid dienone is 1. The van der Waals surface area contributed by atoms with Gasteiger partial charge in [-0.15, -0.1) is 0 Å². The van der Waals surface area contributed by atoms with Gasteiger partial charge in [0, 0.05) is 24.2 Å². The van der Waals surface area contributed by atoms with Gasteiger partial charge in [0.15, 0.2) is 0 Å². The Morgan fingerprint density at radius 3 is 2.89 bits per heavy atom. The normalized spacial score (nSPS) is 38.2. The summed E-state index contributed by atoms with van der Waals surface area (Å²) in [7, 11) is -3.61. The molecule has 0 N–H and O–H groups in total. The average molecular weight is 505 g/mol. The number of ether oxygens (including phenoxy) is 1. The van der Waals surface area contributed by atoms with Gasteiger partial charge >= 0.3 is 10.1 Å². The van der Waals surface area contributed by atoms with Crippen molar-refractivity contribution >= 4 is 26.6 Å². The second-order valence-electron chi connectivity index (χ2n) is 11.8. The zero-order valence-corrected chi connectivity index (χ0v) is 21.7. The molecule has 5 atom stereocenters. The number of oxime groups is 1. The molecule has 3 fully saturated rings. The molecule has 2 bridgehead atoms. The lowest BCUT2D eigenvalue weighted by molar-refractivity contribution is -0.126. The number of rotatable bonds is 3. The molecular formula is C29H32N2O4S. The van der Waals surface area contributed by atoms with Crippen molar-refractivity contribution in [3.05, 3.63) is 65.5 Å². The first-order chi connectivity index (χ1) is 17.2. The second kappa shape index (κ2) is 7.51. The molecular weight excluding hydrogens is 472 g/mol. The molecule has 0 radical (unpaired) electrons. The Morgan fingerprint density at radius 2 is 2.03 bits per heavy atom. The summed E-state index contributed by atoms with van der Waals surface area (Å²) in [6, 6.07) is 8.98. The molecule has 1 aromatic heterocycles.